The first kappa shape index (κ1) is 11.4. The Hall–Kier alpha value is -2.09. The SMILES string of the molecule is Cc1ccc(C=O)c(OCc2ccccc2)c1. The second-order valence-electron chi connectivity index (χ2n) is 3.93. The summed E-state index contributed by atoms with van der Waals surface area (Å²) in [6.45, 7) is 2.45. The van der Waals surface area contributed by atoms with Crippen LogP contribution in [0, 0.1) is 6.92 Å². The van der Waals surface area contributed by atoms with Crippen LogP contribution in [-0.4, -0.2) is 6.29 Å². The van der Waals surface area contributed by atoms with Crippen LogP contribution in [0.2, 0.25) is 0 Å². The van der Waals surface area contributed by atoms with Gasteiger partial charge in [-0.05, 0) is 30.2 Å². The molecule has 0 heterocycles. The Morgan fingerprint density at radius 2 is 1.88 bits per heavy atom. The normalized spacial score (nSPS) is 9.94. The Morgan fingerprint density at radius 3 is 2.59 bits per heavy atom. The van der Waals surface area contributed by atoms with Gasteiger partial charge in [0.15, 0.2) is 6.29 Å². The molecular formula is C15H14O2. The standard InChI is InChI=1S/C15H14O2/c1-12-7-8-14(10-16)15(9-12)17-11-13-5-3-2-4-6-13/h2-10H,11H2,1H3. The van der Waals surface area contributed by atoms with E-state index in [-0.39, 0.29) is 0 Å². The molecule has 0 spiro atoms. The maximum absolute atomic E-state index is 10.9. The van der Waals surface area contributed by atoms with E-state index in [9.17, 15) is 4.79 Å². The van der Waals surface area contributed by atoms with Crippen molar-refractivity contribution in [1.29, 1.82) is 0 Å². The summed E-state index contributed by atoms with van der Waals surface area (Å²) < 4.78 is 5.66. The maximum Gasteiger partial charge on any atom is 0.153 e. The second kappa shape index (κ2) is 5.30. The third kappa shape index (κ3) is 2.94. The molecule has 0 saturated heterocycles. The minimum atomic E-state index is 0.477. The summed E-state index contributed by atoms with van der Waals surface area (Å²) >= 11 is 0. The molecule has 0 saturated carbocycles. The molecule has 0 aliphatic heterocycles. The van der Waals surface area contributed by atoms with E-state index < -0.39 is 0 Å². The summed E-state index contributed by atoms with van der Waals surface area (Å²) in [5.41, 5.74) is 2.76. The Morgan fingerprint density at radius 1 is 1.12 bits per heavy atom. The summed E-state index contributed by atoms with van der Waals surface area (Å²) in [5, 5.41) is 0. The van der Waals surface area contributed by atoms with Gasteiger partial charge in [-0.25, -0.2) is 0 Å². The highest BCUT2D eigenvalue weighted by Gasteiger charge is 2.03. The number of ether oxygens (including phenoxy) is 1. The highest BCUT2D eigenvalue weighted by molar-refractivity contribution is 5.79. The summed E-state index contributed by atoms with van der Waals surface area (Å²) in [6, 6.07) is 15.5. The molecule has 0 aliphatic carbocycles. The number of aryl methyl sites for hydroxylation is 1. The fourth-order valence-electron chi connectivity index (χ4n) is 1.60. The van der Waals surface area contributed by atoms with Gasteiger partial charge in [-0.1, -0.05) is 36.4 Å². The van der Waals surface area contributed by atoms with E-state index in [2.05, 4.69) is 0 Å². The first-order chi connectivity index (χ1) is 8.29. The van der Waals surface area contributed by atoms with Gasteiger partial charge in [0.2, 0.25) is 0 Å². The maximum atomic E-state index is 10.9. The zero-order chi connectivity index (χ0) is 12.1. The van der Waals surface area contributed by atoms with Gasteiger partial charge in [-0.15, -0.1) is 0 Å². The molecule has 0 fully saturated rings. The van der Waals surface area contributed by atoms with Gasteiger partial charge >= 0.3 is 0 Å². The minimum Gasteiger partial charge on any atom is -0.488 e. The number of hydrogen-bond donors (Lipinski definition) is 0. The van der Waals surface area contributed by atoms with Gasteiger partial charge in [0, 0.05) is 0 Å². The molecule has 0 bridgehead atoms. The molecule has 2 nitrogen and oxygen atoms in total. The van der Waals surface area contributed by atoms with Crippen molar-refractivity contribution in [3.05, 3.63) is 65.2 Å². The Bertz CT molecular complexity index is 504. The van der Waals surface area contributed by atoms with Gasteiger partial charge in [0.05, 0.1) is 5.56 Å². The minimum absolute atomic E-state index is 0.477. The van der Waals surface area contributed by atoms with Gasteiger partial charge in [0.1, 0.15) is 12.4 Å². The number of benzene rings is 2. The zero-order valence-corrected chi connectivity index (χ0v) is 9.72. The van der Waals surface area contributed by atoms with Crippen molar-refractivity contribution >= 4 is 6.29 Å². The lowest BCUT2D eigenvalue weighted by atomic mass is 10.1. The van der Waals surface area contributed by atoms with E-state index in [1.807, 2.05) is 49.4 Å². The van der Waals surface area contributed by atoms with Gasteiger partial charge in [-0.2, -0.15) is 0 Å². The van der Waals surface area contributed by atoms with E-state index >= 15 is 0 Å². The molecule has 0 aromatic heterocycles. The largest absolute Gasteiger partial charge is 0.488 e. The molecule has 0 atom stereocenters. The Balaban J connectivity index is 2.13. The van der Waals surface area contributed by atoms with Gasteiger partial charge < -0.3 is 4.74 Å². The van der Waals surface area contributed by atoms with Crippen molar-refractivity contribution < 1.29 is 9.53 Å². The highest BCUT2D eigenvalue weighted by atomic mass is 16.5. The molecule has 2 heteroatoms. The van der Waals surface area contributed by atoms with Crippen LogP contribution in [0.1, 0.15) is 21.5 Å². The smallest absolute Gasteiger partial charge is 0.153 e. The predicted octanol–water partition coefficient (Wildman–Crippen LogP) is 3.39. The van der Waals surface area contributed by atoms with E-state index in [4.69, 9.17) is 4.74 Å². The number of carbonyl (C=O) groups excluding carboxylic acids is 1. The lowest BCUT2D eigenvalue weighted by Crippen LogP contribution is -1.98. The molecule has 2 aromatic rings. The number of rotatable bonds is 4. The molecular weight excluding hydrogens is 212 g/mol. The molecule has 86 valence electrons. The molecule has 17 heavy (non-hydrogen) atoms. The van der Waals surface area contributed by atoms with Crippen molar-refractivity contribution in [2.45, 2.75) is 13.5 Å². The summed E-state index contributed by atoms with van der Waals surface area (Å²) in [6.07, 6.45) is 0.819. The molecule has 0 unspecified atom stereocenters. The third-order valence-corrected chi connectivity index (χ3v) is 2.53. The van der Waals surface area contributed by atoms with Crippen molar-refractivity contribution in [2.75, 3.05) is 0 Å². The fourth-order valence-corrected chi connectivity index (χ4v) is 1.60. The van der Waals surface area contributed by atoms with Crippen LogP contribution in [0.25, 0.3) is 0 Å². The van der Waals surface area contributed by atoms with Crippen LogP contribution in [0.15, 0.2) is 48.5 Å². The van der Waals surface area contributed by atoms with Crippen LogP contribution < -0.4 is 4.74 Å². The average Bonchev–Trinajstić information content (AvgIpc) is 2.38. The first-order valence-corrected chi connectivity index (χ1v) is 5.52. The average molecular weight is 226 g/mol. The van der Waals surface area contributed by atoms with E-state index in [1.54, 1.807) is 6.07 Å². The van der Waals surface area contributed by atoms with Crippen LogP contribution in [0.3, 0.4) is 0 Å². The first-order valence-electron chi connectivity index (χ1n) is 5.52. The topological polar surface area (TPSA) is 26.3 Å². The van der Waals surface area contributed by atoms with Gasteiger partial charge in [-0.3, -0.25) is 4.79 Å². The molecule has 0 radical (unpaired) electrons. The highest BCUT2D eigenvalue weighted by Crippen LogP contribution is 2.19. The van der Waals surface area contributed by atoms with E-state index in [0.717, 1.165) is 17.4 Å². The van der Waals surface area contributed by atoms with Crippen molar-refractivity contribution in [1.82, 2.24) is 0 Å². The van der Waals surface area contributed by atoms with Crippen LogP contribution >= 0.6 is 0 Å². The van der Waals surface area contributed by atoms with E-state index in [1.165, 1.54) is 0 Å². The number of carbonyl (C=O) groups is 1. The molecule has 2 rings (SSSR count). The lowest BCUT2D eigenvalue weighted by Gasteiger charge is -2.09. The summed E-state index contributed by atoms with van der Waals surface area (Å²) in [5.74, 6) is 0.642. The summed E-state index contributed by atoms with van der Waals surface area (Å²) in [4.78, 5) is 10.9. The van der Waals surface area contributed by atoms with Crippen molar-refractivity contribution in [2.24, 2.45) is 0 Å². The fraction of sp³-hybridized carbons (Fsp3) is 0.133. The molecule has 0 amide bonds. The molecule has 0 N–H and O–H groups in total. The zero-order valence-electron chi connectivity index (χ0n) is 9.72. The predicted molar refractivity (Wildman–Crippen MR) is 67.3 cm³/mol. The van der Waals surface area contributed by atoms with Crippen LogP contribution in [0.4, 0.5) is 0 Å². The Labute approximate surface area is 101 Å². The molecule has 2 aromatic carbocycles. The number of hydrogen-bond acceptors (Lipinski definition) is 2. The Kier molecular flexibility index (Phi) is 3.55. The van der Waals surface area contributed by atoms with Gasteiger partial charge in [0.25, 0.3) is 0 Å². The monoisotopic (exact) mass is 226 g/mol. The second-order valence-corrected chi connectivity index (χ2v) is 3.93. The molecule has 0 aliphatic rings. The van der Waals surface area contributed by atoms with Crippen molar-refractivity contribution in [3.63, 3.8) is 0 Å². The van der Waals surface area contributed by atoms with Crippen molar-refractivity contribution in [3.8, 4) is 5.75 Å². The number of aldehydes is 1. The lowest BCUT2D eigenvalue weighted by molar-refractivity contribution is 0.111. The van der Waals surface area contributed by atoms with Crippen LogP contribution in [0.5, 0.6) is 5.75 Å². The quantitative estimate of drug-likeness (QED) is 0.747. The van der Waals surface area contributed by atoms with Crippen LogP contribution in [-0.2, 0) is 6.61 Å². The van der Waals surface area contributed by atoms with E-state index in [0.29, 0.717) is 17.9 Å². The summed E-state index contributed by atoms with van der Waals surface area (Å²) in [7, 11) is 0. The third-order valence-electron chi connectivity index (χ3n) is 2.53.